The van der Waals surface area contributed by atoms with E-state index in [1.165, 1.54) is 0 Å². The van der Waals surface area contributed by atoms with Gasteiger partial charge in [-0.05, 0) is 30.5 Å². The Kier molecular flexibility index (Phi) is 7.41. The molecule has 0 fully saturated rings. The minimum Gasteiger partial charge on any atom is -0.387 e. The number of carbonyl (C=O) groups is 1. The molecule has 1 aromatic rings. The molecule has 1 aromatic carbocycles. The Bertz CT molecular complexity index is 436. The molecular formula is C15H23ClN2O2. The van der Waals surface area contributed by atoms with Crippen molar-refractivity contribution >= 4 is 23.2 Å². The molecule has 0 aliphatic carbocycles. The van der Waals surface area contributed by atoms with Crippen molar-refractivity contribution in [1.29, 1.82) is 0 Å². The molecule has 1 amide bonds. The van der Waals surface area contributed by atoms with E-state index in [4.69, 9.17) is 16.3 Å². The van der Waals surface area contributed by atoms with Crippen LogP contribution in [0.3, 0.4) is 0 Å². The van der Waals surface area contributed by atoms with Crippen LogP contribution in [0.1, 0.15) is 30.6 Å². The van der Waals surface area contributed by atoms with E-state index < -0.39 is 0 Å². The zero-order chi connectivity index (χ0) is 15.0. The van der Waals surface area contributed by atoms with Crippen LogP contribution in [0.25, 0.3) is 0 Å². The molecule has 0 atom stereocenters. The summed E-state index contributed by atoms with van der Waals surface area (Å²) >= 11 is 5.92. The van der Waals surface area contributed by atoms with Crippen LogP contribution in [-0.4, -0.2) is 32.7 Å². The first-order valence-corrected chi connectivity index (χ1v) is 7.25. The second-order valence-corrected chi connectivity index (χ2v) is 5.45. The third kappa shape index (κ3) is 5.80. The highest BCUT2D eigenvalue weighted by Gasteiger charge is 2.10. The van der Waals surface area contributed by atoms with Crippen molar-refractivity contribution in [2.24, 2.45) is 5.92 Å². The Morgan fingerprint density at radius 1 is 1.40 bits per heavy atom. The van der Waals surface area contributed by atoms with Crippen molar-refractivity contribution in [2.45, 2.75) is 20.3 Å². The molecule has 0 heterocycles. The van der Waals surface area contributed by atoms with E-state index in [1.54, 1.807) is 25.2 Å². The Balaban J connectivity index is 2.37. The maximum atomic E-state index is 12.1. The lowest BCUT2D eigenvalue weighted by Crippen LogP contribution is -2.26. The molecule has 0 aromatic heterocycles. The lowest BCUT2D eigenvalue weighted by molar-refractivity contribution is 0.0925. The van der Waals surface area contributed by atoms with Crippen LogP contribution in [0.4, 0.5) is 5.69 Å². The van der Waals surface area contributed by atoms with Gasteiger partial charge >= 0.3 is 0 Å². The normalized spacial score (nSPS) is 10.7. The molecule has 2 N–H and O–H groups in total. The van der Waals surface area contributed by atoms with Gasteiger partial charge in [0, 0.05) is 37.5 Å². The average molecular weight is 299 g/mol. The quantitative estimate of drug-likeness (QED) is 0.725. The second-order valence-electron chi connectivity index (χ2n) is 5.02. The maximum absolute atomic E-state index is 12.1. The van der Waals surface area contributed by atoms with Gasteiger partial charge in [0.15, 0.2) is 0 Å². The van der Waals surface area contributed by atoms with Crippen molar-refractivity contribution in [2.75, 3.05) is 32.1 Å². The van der Waals surface area contributed by atoms with Crippen molar-refractivity contribution in [1.82, 2.24) is 5.32 Å². The van der Waals surface area contributed by atoms with E-state index in [-0.39, 0.29) is 5.91 Å². The van der Waals surface area contributed by atoms with Crippen LogP contribution in [0, 0.1) is 5.92 Å². The van der Waals surface area contributed by atoms with Crippen molar-refractivity contribution < 1.29 is 9.53 Å². The summed E-state index contributed by atoms with van der Waals surface area (Å²) < 4.78 is 5.46. The SMILES string of the molecule is CNc1ccc(Cl)cc1C(=O)NCCCOCC(C)C. The van der Waals surface area contributed by atoms with Gasteiger partial charge in [0.25, 0.3) is 5.91 Å². The van der Waals surface area contributed by atoms with E-state index in [0.717, 1.165) is 18.7 Å². The first kappa shape index (κ1) is 16.8. The Morgan fingerprint density at radius 2 is 2.15 bits per heavy atom. The smallest absolute Gasteiger partial charge is 0.253 e. The first-order chi connectivity index (χ1) is 9.54. The number of ether oxygens (including phenoxy) is 1. The molecule has 5 heteroatoms. The fraction of sp³-hybridized carbons (Fsp3) is 0.533. The minimum atomic E-state index is -0.124. The highest BCUT2D eigenvalue weighted by molar-refractivity contribution is 6.31. The predicted molar refractivity (Wildman–Crippen MR) is 83.6 cm³/mol. The molecule has 20 heavy (non-hydrogen) atoms. The molecule has 112 valence electrons. The number of nitrogens with one attached hydrogen (secondary N) is 2. The highest BCUT2D eigenvalue weighted by Crippen LogP contribution is 2.20. The van der Waals surface area contributed by atoms with Gasteiger partial charge in [0.2, 0.25) is 0 Å². The summed E-state index contributed by atoms with van der Waals surface area (Å²) in [5, 5.41) is 6.40. The van der Waals surface area contributed by atoms with Crippen LogP contribution in [0.2, 0.25) is 5.02 Å². The molecule has 4 nitrogen and oxygen atoms in total. The lowest BCUT2D eigenvalue weighted by Gasteiger charge is -2.11. The minimum absolute atomic E-state index is 0.124. The molecule has 0 saturated carbocycles. The second kappa shape index (κ2) is 8.82. The van der Waals surface area contributed by atoms with Crippen LogP contribution >= 0.6 is 11.6 Å². The third-order valence-electron chi connectivity index (χ3n) is 2.70. The monoisotopic (exact) mass is 298 g/mol. The summed E-state index contributed by atoms with van der Waals surface area (Å²) in [5.41, 5.74) is 1.33. The summed E-state index contributed by atoms with van der Waals surface area (Å²) in [6.07, 6.45) is 0.800. The molecule has 0 spiro atoms. The Morgan fingerprint density at radius 3 is 2.80 bits per heavy atom. The average Bonchev–Trinajstić information content (AvgIpc) is 2.42. The number of amides is 1. The lowest BCUT2D eigenvalue weighted by atomic mass is 10.1. The predicted octanol–water partition coefficient (Wildman–Crippen LogP) is 3.17. The van der Waals surface area contributed by atoms with Gasteiger partial charge in [-0.3, -0.25) is 4.79 Å². The van der Waals surface area contributed by atoms with Crippen molar-refractivity contribution in [3.8, 4) is 0 Å². The first-order valence-electron chi connectivity index (χ1n) is 6.87. The molecular weight excluding hydrogens is 276 g/mol. The fourth-order valence-electron chi connectivity index (χ4n) is 1.71. The molecule has 0 saturated heterocycles. The van der Waals surface area contributed by atoms with Gasteiger partial charge in [-0.15, -0.1) is 0 Å². The number of benzene rings is 1. The van der Waals surface area contributed by atoms with Gasteiger partial charge < -0.3 is 15.4 Å². The van der Waals surface area contributed by atoms with Gasteiger partial charge in [-0.25, -0.2) is 0 Å². The Labute approximate surface area is 125 Å². The molecule has 0 aliphatic rings. The van der Waals surface area contributed by atoms with Crippen LogP contribution < -0.4 is 10.6 Å². The van der Waals surface area contributed by atoms with E-state index in [1.807, 2.05) is 0 Å². The summed E-state index contributed by atoms with van der Waals surface area (Å²) in [6.45, 7) is 6.23. The number of anilines is 1. The topological polar surface area (TPSA) is 50.4 Å². The van der Waals surface area contributed by atoms with Gasteiger partial charge in [-0.2, -0.15) is 0 Å². The summed E-state index contributed by atoms with van der Waals surface area (Å²) in [6, 6.07) is 5.21. The van der Waals surface area contributed by atoms with Gasteiger partial charge in [0.1, 0.15) is 0 Å². The summed E-state index contributed by atoms with van der Waals surface area (Å²) in [7, 11) is 1.78. The van der Waals surface area contributed by atoms with E-state index in [2.05, 4.69) is 24.5 Å². The molecule has 1 rings (SSSR count). The zero-order valence-corrected chi connectivity index (χ0v) is 13.1. The van der Waals surface area contributed by atoms with Crippen molar-refractivity contribution in [3.63, 3.8) is 0 Å². The van der Waals surface area contributed by atoms with Crippen LogP contribution in [0.15, 0.2) is 18.2 Å². The van der Waals surface area contributed by atoms with E-state index in [0.29, 0.717) is 29.7 Å². The van der Waals surface area contributed by atoms with Gasteiger partial charge in [-0.1, -0.05) is 25.4 Å². The standard InChI is InChI=1S/C15H23ClN2O2/c1-11(2)10-20-8-4-7-18-15(19)13-9-12(16)5-6-14(13)17-3/h5-6,9,11,17H,4,7-8,10H2,1-3H3,(H,18,19). The third-order valence-corrected chi connectivity index (χ3v) is 2.93. The van der Waals surface area contributed by atoms with Crippen LogP contribution in [-0.2, 0) is 4.74 Å². The van der Waals surface area contributed by atoms with E-state index >= 15 is 0 Å². The number of halogens is 1. The number of rotatable bonds is 8. The molecule has 0 radical (unpaired) electrons. The maximum Gasteiger partial charge on any atom is 0.253 e. The number of hydrogen-bond donors (Lipinski definition) is 2. The zero-order valence-electron chi connectivity index (χ0n) is 12.3. The number of carbonyl (C=O) groups excluding carboxylic acids is 1. The van der Waals surface area contributed by atoms with Crippen molar-refractivity contribution in [3.05, 3.63) is 28.8 Å². The van der Waals surface area contributed by atoms with Crippen LogP contribution in [0.5, 0.6) is 0 Å². The highest BCUT2D eigenvalue weighted by atomic mass is 35.5. The number of hydrogen-bond acceptors (Lipinski definition) is 3. The summed E-state index contributed by atoms with van der Waals surface area (Å²) in [4.78, 5) is 12.1. The molecule has 0 aliphatic heterocycles. The molecule has 0 bridgehead atoms. The Hall–Kier alpha value is -1.26. The van der Waals surface area contributed by atoms with Gasteiger partial charge in [0.05, 0.1) is 5.56 Å². The fourth-order valence-corrected chi connectivity index (χ4v) is 1.88. The summed E-state index contributed by atoms with van der Waals surface area (Å²) in [5.74, 6) is 0.412. The molecule has 0 unspecified atom stereocenters. The van der Waals surface area contributed by atoms with E-state index in [9.17, 15) is 4.79 Å². The largest absolute Gasteiger partial charge is 0.387 e.